The molecule has 0 aliphatic carbocycles. The van der Waals surface area contributed by atoms with Gasteiger partial charge in [0.05, 0.1) is 13.2 Å². The van der Waals surface area contributed by atoms with Crippen LogP contribution in [0.15, 0.2) is 30.3 Å². The molecule has 6 heteroatoms. The molecule has 0 aliphatic rings. The third kappa shape index (κ3) is 4.86. The number of rotatable bonds is 7. The fourth-order valence-electron chi connectivity index (χ4n) is 1.67. The Morgan fingerprint density at radius 3 is 2.55 bits per heavy atom. The average molecular weight is 296 g/mol. The molecule has 1 aromatic carbocycles. The van der Waals surface area contributed by atoms with Crippen LogP contribution in [0.2, 0.25) is 0 Å². The van der Waals surface area contributed by atoms with Crippen molar-refractivity contribution in [3.05, 3.63) is 35.9 Å². The van der Waals surface area contributed by atoms with E-state index in [1.54, 1.807) is 36.0 Å². The van der Waals surface area contributed by atoms with Crippen LogP contribution in [-0.2, 0) is 14.3 Å². The van der Waals surface area contributed by atoms with E-state index in [0.29, 0.717) is 12.0 Å². The number of hydrogen-bond donors (Lipinski definition) is 2. The number of nitrogens with two attached hydrogens (primary N) is 1. The van der Waals surface area contributed by atoms with Crippen molar-refractivity contribution in [1.82, 2.24) is 5.32 Å². The summed E-state index contributed by atoms with van der Waals surface area (Å²) in [6.07, 6.45) is 2.52. The van der Waals surface area contributed by atoms with Gasteiger partial charge in [-0.05, 0) is 24.0 Å². The Morgan fingerprint density at radius 2 is 2.00 bits per heavy atom. The molecule has 0 saturated heterocycles. The number of esters is 1. The average Bonchev–Trinajstić information content (AvgIpc) is 2.49. The van der Waals surface area contributed by atoms with Crippen molar-refractivity contribution in [1.29, 1.82) is 0 Å². The fraction of sp³-hybridized carbons (Fsp3) is 0.429. The Hall–Kier alpha value is -1.53. The summed E-state index contributed by atoms with van der Waals surface area (Å²) in [6, 6.07) is 7.50. The molecular formula is C14H20N2O3S. The maximum atomic E-state index is 12.0. The van der Waals surface area contributed by atoms with Gasteiger partial charge in [-0.2, -0.15) is 11.8 Å². The molecule has 0 fully saturated rings. The molecule has 0 heterocycles. The highest BCUT2D eigenvalue weighted by Crippen LogP contribution is 2.14. The van der Waals surface area contributed by atoms with E-state index in [-0.39, 0.29) is 5.91 Å². The van der Waals surface area contributed by atoms with E-state index in [1.165, 1.54) is 7.11 Å². The Balaban J connectivity index is 2.76. The van der Waals surface area contributed by atoms with Gasteiger partial charge in [-0.3, -0.25) is 4.79 Å². The molecule has 0 aliphatic heterocycles. The minimum atomic E-state index is -0.825. The number of methoxy groups -OCH3 is 1. The van der Waals surface area contributed by atoms with E-state index in [9.17, 15) is 9.59 Å². The minimum Gasteiger partial charge on any atom is -0.467 e. The van der Waals surface area contributed by atoms with Crippen LogP contribution in [0.3, 0.4) is 0 Å². The van der Waals surface area contributed by atoms with Crippen LogP contribution in [0.4, 0.5) is 0 Å². The largest absolute Gasteiger partial charge is 0.467 e. The first kappa shape index (κ1) is 16.5. The zero-order chi connectivity index (χ0) is 15.0. The van der Waals surface area contributed by atoms with Gasteiger partial charge in [0.1, 0.15) is 0 Å². The molecule has 0 spiro atoms. The van der Waals surface area contributed by atoms with Crippen molar-refractivity contribution in [3.8, 4) is 0 Å². The van der Waals surface area contributed by atoms with Crippen molar-refractivity contribution in [2.24, 2.45) is 5.73 Å². The summed E-state index contributed by atoms with van der Waals surface area (Å²) in [6.45, 7) is 0. The topological polar surface area (TPSA) is 81.4 Å². The highest BCUT2D eigenvalue weighted by molar-refractivity contribution is 7.98. The molecule has 2 atom stereocenters. The van der Waals surface area contributed by atoms with Crippen LogP contribution in [-0.4, -0.2) is 37.0 Å². The summed E-state index contributed by atoms with van der Waals surface area (Å²) >= 11 is 1.62. The summed E-state index contributed by atoms with van der Waals surface area (Å²) in [5, 5.41) is 2.64. The van der Waals surface area contributed by atoms with Crippen molar-refractivity contribution in [2.75, 3.05) is 19.1 Å². The highest BCUT2D eigenvalue weighted by atomic mass is 32.2. The van der Waals surface area contributed by atoms with E-state index >= 15 is 0 Å². The number of thioether (sulfide) groups is 1. The Labute approximate surface area is 123 Å². The number of benzene rings is 1. The molecule has 20 heavy (non-hydrogen) atoms. The van der Waals surface area contributed by atoms with Crippen molar-refractivity contribution in [2.45, 2.75) is 18.5 Å². The van der Waals surface area contributed by atoms with Gasteiger partial charge in [0.25, 0.3) is 0 Å². The summed E-state index contributed by atoms with van der Waals surface area (Å²) in [4.78, 5) is 23.8. The minimum absolute atomic E-state index is 0.349. The first-order valence-corrected chi connectivity index (χ1v) is 7.67. The number of ether oxygens (including phenoxy) is 1. The van der Waals surface area contributed by atoms with Crippen molar-refractivity contribution >= 4 is 23.6 Å². The van der Waals surface area contributed by atoms with Gasteiger partial charge < -0.3 is 15.8 Å². The molecule has 1 unspecified atom stereocenters. The van der Waals surface area contributed by atoms with Crippen LogP contribution >= 0.6 is 11.8 Å². The fourth-order valence-corrected chi connectivity index (χ4v) is 2.16. The first-order chi connectivity index (χ1) is 9.60. The second kappa shape index (κ2) is 8.60. The van der Waals surface area contributed by atoms with Crippen LogP contribution in [0.1, 0.15) is 18.0 Å². The summed E-state index contributed by atoms with van der Waals surface area (Å²) in [5.41, 5.74) is 6.46. The summed E-state index contributed by atoms with van der Waals surface area (Å²) in [5.74, 6) is -0.0667. The standard InChI is InChI=1S/C14H20N2O3S/c1-19-14(18)12(10-6-4-3-5-7-10)16-13(17)11(15)8-9-20-2/h3-7,11-12H,8-9,15H2,1-2H3,(H,16,17)/t11-,12?/m0/s1. The van der Waals surface area contributed by atoms with Gasteiger partial charge in [-0.1, -0.05) is 30.3 Å². The third-order valence-corrected chi connectivity index (χ3v) is 3.47. The predicted molar refractivity (Wildman–Crippen MR) is 80.3 cm³/mol. The van der Waals surface area contributed by atoms with E-state index in [1.807, 2.05) is 12.3 Å². The van der Waals surface area contributed by atoms with E-state index in [4.69, 9.17) is 10.5 Å². The lowest BCUT2D eigenvalue weighted by Crippen LogP contribution is -2.44. The van der Waals surface area contributed by atoms with Crippen molar-refractivity contribution in [3.63, 3.8) is 0 Å². The van der Waals surface area contributed by atoms with Crippen LogP contribution in [0, 0.1) is 0 Å². The van der Waals surface area contributed by atoms with Gasteiger partial charge in [0.2, 0.25) is 5.91 Å². The molecule has 1 rings (SSSR count). The SMILES string of the molecule is COC(=O)C(NC(=O)[C@@H](N)CCSC)c1ccccc1. The van der Waals surface area contributed by atoms with Crippen LogP contribution in [0.25, 0.3) is 0 Å². The van der Waals surface area contributed by atoms with E-state index in [2.05, 4.69) is 5.32 Å². The molecule has 3 N–H and O–H groups in total. The number of amides is 1. The molecule has 5 nitrogen and oxygen atoms in total. The van der Waals surface area contributed by atoms with Crippen LogP contribution < -0.4 is 11.1 Å². The zero-order valence-corrected chi connectivity index (χ0v) is 12.5. The Morgan fingerprint density at radius 1 is 1.35 bits per heavy atom. The maximum absolute atomic E-state index is 12.0. The maximum Gasteiger partial charge on any atom is 0.333 e. The first-order valence-electron chi connectivity index (χ1n) is 6.27. The third-order valence-electron chi connectivity index (χ3n) is 2.83. The molecule has 0 saturated carbocycles. The normalized spacial score (nSPS) is 13.3. The molecule has 1 aromatic rings. The quantitative estimate of drug-likeness (QED) is 0.736. The lowest BCUT2D eigenvalue weighted by atomic mass is 10.1. The lowest BCUT2D eigenvalue weighted by Gasteiger charge is -2.19. The highest BCUT2D eigenvalue weighted by Gasteiger charge is 2.25. The molecule has 0 radical (unpaired) electrons. The van der Waals surface area contributed by atoms with Gasteiger partial charge in [0.15, 0.2) is 6.04 Å². The second-order valence-electron chi connectivity index (χ2n) is 4.26. The van der Waals surface area contributed by atoms with Crippen LogP contribution in [0.5, 0.6) is 0 Å². The van der Waals surface area contributed by atoms with Gasteiger partial charge in [-0.15, -0.1) is 0 Å². The number of carbonyl (C=O) groups excluding carboxylic acids is 2. The van der Waals surface area contributed by atoms with Gasteiger partial charge >= 0.3 is 5.97 Å². The van der Waals surface area contributed by atoms with Crippen molar-refractivity contribution < 1.29 is 14.3 Å². The summed E-state index contributed by atoms with van der Waals surface area (Å²) < 4.78 is 4.73. The number of carbonyl (C=O) groups is 2. The Kier molecular flexibility index (Phi) is 7.11. The Bertz CT molecular complexity index is 439. The van der Waals surface area contributed by atoms with E-state index in [0.717, 1.165) is 5.75 Å². The lowest BCUT2D eigenvalue weighted by molar-refractivity contribution is -0.145. The number of hydrogen-bond acceptors (Lipinski definition) is 5. The molecular weight excluding hydrogens is 276 g/mol. The smallest absolute Gasteiger partial charge is 0.333 e. The molecule has 1 amide bonds. The number of nitrogens with one attached hydrogen (secondary N) is 1. The second-order valence-corrected chi connectivity index (χ2v) is 5.25. The van der Waals surface area contributed by atoms with Gasteiger partial charge in [0, 0.05) is 0 Å². The molecule has 110 valence electrons. The predicted octanol–water partition coefficient (Wildman–Crippen LogP) is 1.10. The zero-order valence-electron chi connectivity index (χ0n) is 11.7. The molecule has 0 aromatic heterocycles. The van der Waals surface area contributed by atoms with E-state index < -0.39 is 18.1 Å². The molecule has 0 bridgehead atoms. The summed E-state index contributed by atoms with van der Waals surface area (Å²) in [7, 11) is 1.29. The van der Waals surface area contributed by atoms with Gasteiger partial charge in [-0.25, -0.2) is 4.79 Å². The monoisotopic (exact) mass is 296 g/mol.